The van der Waals surface area contributed by atoms with Crippen LogP contribution >= 0.6 is 0 Å². The van der Waals surface area contributed by atoms with Crippen LogP contribution in [0.25, 0.3) is 0 Å². The van der Waals surface area contributed by atoms with Gasteiger partial charge in [-0.05, 0) is 64.2 Å². The summed E-state index contributed by atoms with van der Waals surface area (Å²) >= 11 is 0. The molecule has 1 aliphatic rings. The fourth-order valence-corrected chi connectivity index (χ4v) is 2.56. The van der Waals surface area contributed by atoms with E-state index in [0.29, 0.717) is 5.92 Å². The minimum absolute atomic E-state index is 0.189. The average Bonchev–Trinajstić information content (AvgIpc) is 2.75. The number of amides is 1. The Morgan fingerprint density at radius 2 is 2.25 bits per heavy atom. The average molecular weight is 276 g/mol. The lowest BCUT2D eigenvalue weighted by Gasteiger charge is -2.24. The van der Waals surface area contributed by atoms with Crippen LogP contribution in [-0.4, -0.2) is 34.7 Å². The summed E-state index contributed by atoms with van der Waals surface area (Å²) in [5, 5.41) is 0. The van der Waals surface area contributed by atoms with Crippen molar-refractivity contribution in [2.75, 3.05) is 13.1 Å². The summed E-state index contributed by atoms with van der Waals surface area (Å²) < 4.78 is 5.42. The molecule has 2 rings (SSSR count). The van der Waals surface area contributed by atoms with Gasteiger partial charge in [-0.1, -0.05) is 0 Å². The maximum atomic E-state index is 12.0. The molecule has 4 heteroatoms. The Hall–Kier alpha value is -1.58. The minimum atomic E-state index is -0.419. The Balaban J connectivity index is 1.88. The van der Waals surface area contributed by atoms with Gasteiger partial charge in [0.25, 0.3) is 0 Å². The van der Waals surface area contributed by atoms with Gasteiger partial charge in [0.15, 0.2) is 0 Å². The van der Waals surface area contributed by atoms with E-state index in [1.165, 1.54) is 5.56 Å². The molecule has 0 N–H and O–H groups in total. The van der Waals surface area contributed by atoms with Crippen molar-refractivity contribution in [3.63, 3.8) is 0 Å². The summed E-state index contributed by atoms with van der Waals surface area (Å²) in [4.78, 5) is 18.0. The summed E-state index contributed by atoms with van der Waals surface area (Å²) in [6.07, 6.45) is 3.71. The summed E-state index contributed by atoms with van der Waals surface area (Å²) in [5.41, 5.74) is 1.93. The number of aryl methyl sites for hydroxylation is 1. The zero-order chi connectivity index (χ0) is 14.8. The smallest absolute Gasteiger partial charge is 0.410 e. The van der Waals surface area contributed by atoms with E-state index in [2.05, 4.69) is 17.1 Å². The zero-order valence-corrected chi connectivity index (χ0v) is 12.8. The normalized spacial score (nSPS) is 19.2. The second-order valence-corrected chi connectivity index (χ2v) is 6.59. The minimum Gasteiger partial charge on any atom is -0.444 e. The molecule has 1 saturated heterocycles. The van der Waals surface area contributed by atoms with Crippen LogP contribution in [0.5, 0.6) is 0 Å². The Bertz CT molecular complexity index is 480. The quantitative estimate of drug-likeness (QED) is 0.833. The molecule has 0 aliphatic carbocycles. The van der Waals surface area contributed by atoms with Crippen LogP contribution in [0.1, 0.15) is 38.4 Å². The number of pyridine rings is 1. The van der Waals surface area contributed by atoms with Crippen LogP contribution in [0.2, 0.25) is 0 Å². The number of rotatable bonds is 2. The van der Waals surface area contributed by atoms with Gasteiger partial charge in [0.05, 0.1) is 0 Å². The van der Waals surface area contributed by atoms with Crippen LogP contribution in [0, 0.1) is 12.8 Å². The molecule has 1 aromatic heterocycles. The van der Waals surface area contributed by atoms with Crippen molar-refractivity contribution >= 4 is 6.09 Å². The molecule has 0 saturated carbocycles. The highest BCUT2D eigenvalue weighted by Crippen LogP contribution is 2.22. The zero-order valence-electron chi connectivity index (χ0n) is 12.8. The van der Waals surface area contributed by atoms with Crippen LogP contribution in [-0.2, 0) is 11.2 Å². The molecular weight excluding hydrogens is 252 g/mol. The molecule has 1 aliphatic heterocycles. The molecule has 1 amide bonds. The van der Waals surface area contributed by atoms with Crippen molar-refractivity contribution in [3.05, 3.63) is 29.6 Å². The molecule has 4 nitrogen and oxygen atoms in total. The summed E-state index contributed by atoms with van der Waals surface area (Å²) in [6.45, 7) is 9.29. The van der Waals surface area contributed by atoms with Gasteiger partial charge in [-0.15, -0.1) is 0 Å². The first kappa shape index (κ1) is 14.8. The van der Waals surface area contributed by atoms with E-state index in [9.17, 15) is 4.79 Å². The third-order valence-corrected chi connectivity index (χ3v) is 3.42. The molecule has 0 spiro atoms. The summed E-state index contributed by atoms with van der Waals surface area (Å²) in [5.74, 6) is 0.518. The van der Waals surface area contributed by atoms with E-state index in [-0.39, 0.29) is 6.09 Å². The first-order valence-corrected chi connectivity index (χ1v) is 7.23. The topological polar surface area (TPSA) is 42.4 Å². The molecule has 110 valence electrons. The highest BCUT2D eigenvalue weighted by molar-refractivity contribution is 5.68. The Morgan fingerprint density at radius 1 is 1.50 bits per heavy atom. The number of ether oxygens (including phenoxy) is 1. The third kappa shape index (κ3) is 4.22. The lowest BCUT2D eigenvalue weighted by Crippen LogP contribution is -2.35. The maximum absolute atomic E-state index is 12.0. The Morgan fingerprint density at radius 3 is 2.90 bits per heavy atom. The van der Waals surface area contributed by atoms with Crippen molar-refractivity contribution in [2.45, 2.75) is 46.1 Å². The van der Waals surface area contributed by atoms with Gasteiger partial charge in [0, 0.05) is 25.0 Å². The van der Waals surface area contributed by atoms with Crippen LogP contribution in [0.15, 0.2) is 18.3 Å². The second-order valence-electron chi connectivity index (χ2n) is 6.59. The van der Waals surface area contributed by atoms with Crippen LogP contribution in [0.3, 0.4) is 0 Å². The monoisotopic (exact) mass is 276 g/mol. The van der Waals surface area contributed by atoms with E-state index in [1.807, 2.05) is 38.8 Å². The highest BCUT2D eigenvalue weighted by Gasteiger charge is 2.29. The van der Waals surface area contributed by atoms with Crippen molar-refractivity contribution in [1.29, 1.82) is 0 Å². The number of carbonyl (C=O) groups excluding carboxylic acids is 1. The molecule has 0 radical (unpaired) electrons. The molecule has 1 fully saturated rings. The van der Waals surface area contributed by atoms with E-state index in [1.54, 1.807) is 0 Å². The number of hydrogen-bond acceptors (Lipinski definition) is 3. The highest BCUT2D eigenvalue weighted by atomic mass is 16.6. The molecular formula is C16H24N2O2. The molecule has 0 bridgehead atoms. The standard InChI is InChI=1S/C16H24N2O2/c1-12-9-13(5-7-17-12)10-14-6-8-18(11-14)15(19)20-16(2,3)4/h5,7,9,14H,6,8,10-11H2,1-4H3. The number of likely N-dealkylation sites (tertiary alicyclic amines) is 1. The summed E-state index contributed by atoms with van der Waals surface area (Å²) in [6, 6.07) is 4.18. The molecule has 1 atom stereocenters. The second kappa shape index (κ2) is 5.81. The first-order valence-electron chi connectivity index (χ1n) is 7.23. The lowest BCUT2D eigenvalue weighted by atomic mass is 9.99. The van der Waals surface area contributed by atoms with Gasteiger partial charge < -0.3 is 9.64 Å². The first-order chi connectivity index (χ1) is 9.33. The van der Waals surface area contributed by atoms with Gasteiger partial charge in [-0.2, -0.15) is 0 Å². The van der Waals surface area contributed by atoms with Crippen molar-refractivity contribution in [2.24, 2.45) is 5.92 Å². The number of aromatic nitrogens is 1. The Kier molecular flexibility index (Phi) is 4.31. The number of nitrogens with zero attached hydrogens (tertiary/aromatic N) is 2. The fraction of sp³-hybridized carbons (Fsp3) is 0.625. The van der Waals surface area contributed by atoms with Gasteiger partial charge in [0.1, 0.15) is 5.60 Å². The van der Waals surface area contributed by atoms with Crippen molar-refractivity contribution in [3.8, 4) is 0 Å². The number of carbonyl (C=O) groups is 1. The van der Waals surface area contributed by atoms with Crippen molar-refractivity contribution in [1.82, 2.24) is 9.88 Å². The SMILES string of the molecule is Cc1cc(CC2CCN(C(=O)OC(C)(C)C)C2)ccn1. The van der Waals surface area contributed by atoms with Gasteiger partial charge in [-0.3, -0.25) is 4.98 Å². The maximum Gasteiger partial charge on any atom is 0.410 e. The van der Waals surface area contributed by atoms with E-state index < -0.39 is 5.60 Å². The van der Waals surface area contributed by atoms with Crippen LogP contribution in [0.4, 0.5) is 4.79 Å². The van der Waals surface area contributed by atoms with Gasteiger partial charge in [-0.25, -0.2) is 4.79 Å². The van der Waals surface area contributed by atoms with E-state index in [4.69, 9.17) is 4.74 Å². The lowest BCUT2D eigenvalue weighted by molar-refractivity contribution is 0.0288. The third-order valence-electron chi connectivity index (χ3n) is 3.42. The molecule has 20 heavy (non-hydrogen) atoms. The van der Waals surface area contributed by atoms with Crippen molar-refractivity contribution < 1.29 is 9.53 Å². The molecule has 2 heterocycles. The van der Waals surface area contributed by atoms with Gasteiger partial charge in [0.2, 0.25) is 0 Å². The largest absolute Gasteiger partial charge is 0.444 e. The Labute approximate surface area is 121 Å². The molecule has 0 aromatic carbocycles. The summed E-state index contributed by atoms with van der Waals surface area (Å²) in [7, 11) is 0. The van der Waals surface area contributed by atoms with E-state index >= 15 is 0 Å². The molecule has 1 unspecified atom stereocenters. The van der Waals surface area contributed by atoms with Crippen LogP contribution < -0.4 is 0 Å². The number of hydrogen-bond donors (Lipinski definition) is 0. The predicted octanol–water partition coefficient (Wildman–Crippen LogP) is 3.19. The predicted molar refractivity (Wildman–Crippen MR) is 78.6 cm³/mol. The molecule has 1 aromatic rings. The fourth-order valence-electron chi connectivity index (χ4n) is 2.56. The van der Waals surface area contributed by atoms with E-state index in [0.717, 1.165) is 31.6 Å². The van der Waals surface area contributed by atoms with Gasteiger partial charge >= 0.3 is 6.09 Å².